The van der Waals surface area contributed by atoms with Crippen molar-refractivity contribution in [2.45, 2.75) is 24.4 Å². The average Bonchev–Trinajstić information content (AvgIpc) is 3.41. The van der Waals surface area contributed by atoms with Gasteiger partial charge in [-0.25, -0.2) is 0 Å². The van der Waals surface area contributed by atoms with E-state index in [2.05, 4.69) is 41.1 Å². The molecule has 0 bridgehead atoms. The Morgan fingerprint density at radius 1 is 0.972 bits per heavy atom. The van der Waals surface area contributed by atoms with Crippen LogP contribution < -0.4 is 9.64 Å². The Balaban J connectivity index is 1.45. The zero-order chi connectivity index (χ0) is 25.3. The van der Waals surface area contributed by atoms with Crippen molar-refractivity contribution < 1.29 is 9.53 Å². The molecule has 0 aliphatic carbocycles. The van der Waals surface area contributed by atoms with E-state index in [0.717, 1.165) is 22.6 Å². The predicted molar refractivity (Wildman–Crippen MR) is 145 cm³/mol. The van der Waals surface area contributed by atoms with E-state index >= 15 is 0 Å². The van der Waals surface area contributed by atoms with Crippen LogP contribution in [0.3, 0.4) is 0 Å². The van der Waals surface area contributed by atoms with Crippen LogP contribution in [0.5, 0.6) is 5.75 Å². The van der Waals surface area contributed by atoms with Gasteiger partial charge in [-0.2, -0.15) is 0 Å². The topological polar surface area (TPSA) is 60.3 Å². The van der Waals surface area contributed by atoms with Crippen molar-refractivity contribution in [1.82, 2.24) is 14.8 Å². The first kappa shape index (κ1) is 23.9. The number of benzene rings is 3. The van der Waals surface area contributed by atoms with E-state index in [1.807, 2.05) is 78.3 Å². The monoisotopic (exact) mass is 496 g/mol. The molecule has 4 aromatic rings. The molecule has 36 heavy (non-hydrogen) atoms. The highest BCUT2D eigenvalue weighted by molar-refractivity contribution is 7.99. The zero-order valence-electron chi connectivity index (χ0n) is 20.8. The molecule has 5 rings (SSSR count). The van der Waals surface area contributed by atoms with Gasteiger partial charge in [-0.1, -0.05) is 74.1 Å². The van der Waals surface area contributed by atoms with Gasteiger partial charge < -0.3 is 9.64 Å². The van der Waals surface area contributed by atoms with Crippen molar-refractivity contribution >= 4 is 23.2 Å². The Hall–Kier alpha value is -3.84. The molecule has 3 aromatic carbocycles. The molecule has 182 valence electrons. The van der Waals surface area contributed by atoms with Crippen molar-refractivity contribution in [3.63, 3.8) is 0 Å². The third-order valence-electron chi connectivity index (χ3n) is 6.58. The number of hydrogen-bond donors (Lipinski definition) is 0. The highest BCUT2D eigenvalue weighted by Crippen LogP contribution is 2.46. The van der Waals surface area contributed by atoms with Crippen molar-refractivity contribution in [3.05, 3.63) is 96.2 Å². The summed E-state index contributed by atoms with van der Waals surface area (Å²) in [5.41, 5.74) is 4.87. The molecule has 1 aromatic heterocycles. The number of ether oxygens (including phenoxy) is 1. The van der Waals surface area contributed by atoms with E-state index in [0.29, 0.717) is 16.7 Å². The van der Waals surface area contributed by atoms with Crippen LogP contribution in [0.15, 0.2) is 95.8 Å². The van der Waals surface area contributed by atoms with E-state index < -0.39 is 0 Å². The maximum Gasteiger partial charge on any atom is 0.196 e. The van der Waals surface area contributed by atoms with Gasteiger partial charge in [0.15, 0.2) is 16.8 Å². The molecule has 0 radical (unpaired) electrons. The standard InChI is InChI=1S/C29H28N4O2S/c1-29(2)23-15-9-10-16-24(23)32(3)26(29)18-21(34)19-36-28-31-30-27(22-14-8-11-17-25(22)35-4)33(28)20-12-6-5-7-13-20/h5-18H,19H2,1-4H3. The third kappa shape index (κ3) is 4.20. The number of nitrogens with zero attached hydrogens (tertiary/aromatic N) is 4. The molecule has 0 spiro atoms. The minimum absolute atomic E-state index is 0.0317. The van der Waals surface area contributed by atoms with E-state index in [9.17, 15) is 4.79 Å². The number of allylic oxidation sites excluding steroid dienone is 2. The van der Waals surface area contributed by atoms with Crippen LogP contribution in [-0.4, -0.2) is 40.5 Å². The van der Waals surface area contributed by atoms with Gasteiger partial charge >= 0.3 is 0 Å². The van der Waals surface area contributed by atoms with Crippen LogP contribution in [0.2, 0.25) is 0 Å². The summed E-state index contributed by atoms with van der Waals surface area (Å²) in [5, 5.41) is 9.60. The lowest BCUT2D eigenvalue weighted by molar-refractivity contribution is -0.112. The minimum atomic E-state index is -0.243. The van der Waals surface area contributed by atoms with Gasteiger partial charge in [-0.15, -0.1) is 10.2 Å². The summed E-state index contributed by atoms with van der Waals surface area (Å²) in [5.74, 6) is 1.66. The summed E-state index contributed by atoms with van der Waals surface area (Å²) in [6.45, 7) is 4.32. The molecule has 1 aliphatic rings. The fraction of sp³-hybridized carbons (Fsp3) is 0.207. The van der Waals surface area contributed by atoms with Crippen molar-refractivity contribution in [3.8, 4) is 22.8 Å². The summed E-state index contributed by atoms with van der Waals surface area (Å²) in [4.78, 5) is 15.3. The number of hydrogen-bond acceptors (Lipinski definition) is 6. The Labute approximate surface area is 215 Å². The zero-order valence-corrected chi connectivity index (χ0v) is 21.6. The molecule has 0 N–H and O–H groups in total. The van der Waals surface area contributed by atoms with E-state index in [-0.39, 0.29) is 17.0 Å². The predicted octanol–water partition coefficient (Wildman–Crippen LogP) is 5.92. The lowest BCUT2D eigenvalue weighted by Crippen LogP contribution is -2.24. The number of aromatic nitrogens is 3. The summed E-state index contributed by atoms with van der Waals surface area (Å²) in [6, 6.07) is 26.0. The molecule has 7 heteroatoms. The van der Waals surface area contributed by atoms with Crippen molar-refractivity contribution in [2.75, 3.05) is 24.8 Å². The largest absolute Gasteiger partial charge is 0.496 e. The quantitative estimate of drug-likeness (QED) is 0.234. The van der Waals surface area contributed by atoms with Crippen LogP contribution in [0.1, 0.15) is 19.4 Å². The third-order valence-corrected chi connectivity index (χ3v) is 7.53. The van der Waals surface area contributed by atoms with E-state index in [1.54, 1.807) is 13.2 Å². The van der Waals surface area contributed by atoms with Crippen LogP contribution in [-0.2, 0) is 10.2 Å². The lowest BCUT2D eigenvalue weighted by atomic mass is 9.83. The minimum Gasteiger partial charge on any atom is -0.496 e. The van der Waals surface area contributed by atoms with E-state index in [1.165, 1.54) is 17.3 Å². The normalized spacial score (nSPS) is 15.2. The van der Waals surface area contributed by atoms with Crippen LogP contribution in [0.4, 0.5) is 5.69 Å². The molecule has 0 amide bonds. The maximum absolute atomic E-state index is 13.2. The number of thioether (sulfide) groups is 1. The number of fused-ring (bicyclic) bond motifs is 1. The molecule has 0 fully saturated rings. The first-order chi connectivity index (χ1) is 17.4. The first-order valence-electron chi connectivity index (χ1n) is 11.8. The maximum atomic E-state index is 13.2. The molecule has 0 atom stereocenters. The summed E-state index contributed by atoms with van der Waals surface area (Å²) >= 11 is 1.38. The average molecular weight is 497 g/mol. The smallest absolute Gasteiger partial charge is 0.196 e. The highest BCUT2D eigenvalue weighted by atomic mass is 32.2. The van der Waals surface area contributed by atoms with Crippen LogP contribution in [0.25, 0.3) is 17.1 Å². The van der Waals surface area contributed by atoms with Crippen molar-refractivity contribution in [1.29, 1.82) is 0 Å². The number of rotatable bonds is 7. The molecule has 0 saturated carbocycles. The Kier molecular flexibility index (Phi) is 6.41. The Bertz CT molecular complexity index is 1440. The second-order valence-corrected chi connectivity index (χ2v) is 10.1. The van der Waals surface area contributed by atoms with Gasteiger partial charge in [0.25, 0.3) is 0 Å². The van der Waals surface area contributed by atoms with Gasteiger partial charge in [0.1, 0.15) is 5.75 Å². The summed E-state index contributed by atoms with van der Waals surface area (Å²) in [6.07, 6.45) is 1.78. The second-order valence-electron chi connectivity index (χ2n) is 9.16. The number of para-hydroxylation sites is 3. The number of methoxy groups -OCH3 is 1. The van der Waals surface area contributed by atoms with Gasteiger partial charge in [0.2, 0.25) is 0 Å². The first-order valence-corrected chi connectivity index (χ1v) is 12.8. The second kappa shape index (κ2) is 9.66. The van der Waals surface area contributed by atoms with E-state index in [4.69, 9.17) is 4.74 Å². The Morgan fingerprint density at radius 3 is 2.42 bits per heavy atom. The fourth-order valence-corrected chi connectivity index (χ4v) is 5.54. The molecular weight excluding hydrogens is 468 g/mol. The number of likely N-dealkylation sites (N-methyl/N-ethyl adjacent to an activating group) is 1. The molecule has 6 nitrogen and oxygen atoms in total. The molecule has 2 heterocycles. The van der Waals surface area contributed by atoms with Gasteiger partial charge in [0, 0.05) is 35.6 Å². The number of carbonyl (C=O) groups excluding carboxylic acids is 1. The van der Waals surface area contributed by atoms with Crippen LogP contribution >= 0.6 is 11.8 Å². The number of ketones is 1. The number of carbonyl (C=O) groups is 1. The van der Waals surface area contributed by atoms with Gasteiger partial charge in [0.05, 0.1) is 18.4 Å². The lowest BCUT2D eigenvalue weighted by Gasteiger charge is -2.23. The van der Waals surface area contributed by atoms with Gasteiger partial charge in [-0.05, 0) is 35.9 Å². The summed E-state index contributed by atoms with van der Waals surface area (Å²) in [7, 11) is 3.66. The summed E-state index contributed by atoms with van der Waals surface area (Å²) < 4.78 is 7.55. The Morgan fingerprint density at radius 2 is 1.67 bits per heavy atom. The van der Waals surface area contributed by atoms with Gasteiger partial charge in [-0.3, -0.25) is 9.36 Å². The SMILES string of the molecule is COc1ccccc1-c1nnc(SCC(=O)C=C2N(C)c3ccccc3C2(C)C)n1-c1ccccc1. The highest BCUT2D eigenvalue weighted by Gasteiger charge is 2.38. The molecule has 0 saturated heterocycles. The number of anilines is 1. The van der Waals surface area contributed by atoms with Crippen LogP contribution in [0, 0.1) is 0 Å². The molecular formula is C29H28N4O2S. The van der Waals surface area contributed by atoms with Crippen molar-refractivity contribution in [2.24, 2.45) is 0 Å². The molecule has 0 unspecified atom stereocenters. The molecule has 1 aliphatic heterocycles. The fourth-order valence-electron chi connectivity index (χ4n) is 4.77.